The smallest absolute Gasteiger partial charge is 0.156 e. The van der Waals surface area contributed by atoms with E-state index in [1.165, 1.54) is 0 Å². The molecule has 0 radical (unpaired) electrons. The number of benzene rings is 1. The molecule has 0 saturated carbocycles. The van der Waals surface area contributed by atoms with Gasteiger partial charge in [-0.3, -0.25) is 0 Å². The van der Waals surface area contributed by atoms with Crippen LogP contribution in [-0.4, -0.2) is 6.10 Å². The van der Waals surface area contributed by atoms with Gasteiger partial charge in [0.2, 0.25) is 0 Å². The van der Waals surface area contributed by atoms with Crippen LogP contribution in [0.25, 0.3) is 0 Å². The highest BCUT2D eigenvalue weighted by Gasteiger charge is 2.08. The lowest BCUT2D eigenvalue weighted by Gasteiger charge is -2.10. The summed E-state index contributed by atoms with van der Waals surface area (Å²) in [6.07, 6.45) is 4.84. The van der Waals surface area contributed by atoms with Gasteiger partial charge in [-0.2, -0.15) is 5.26 Å². The van der Waals surface area contributed by atoms with Crippen LogP contribution in [0.1, 0.15) is 12.5 Å². The van der Waals surface area contributed by atoms with Crippen molar-refractivity contribution >= 4 is 15.9 Å². The first-order valence-corrected chi connectivity index (χ1v) is 4.79. The lowest BCUT2D eigenvalue weighted by atomic mass is 10.2. The zero-order valence-electron chi connectivity index (χ0n) is 7.62. The first-order valence-electron chi connectivity index (χ1n) is 4.00. The Labute approximate surface area is 91.6 Å². The van der Waals surface area contributed by atoms with Crippen LogP contribution in [0.2, 0.25) is 0 Å². The van der Waals surface area contributed by atoms with Gasteiger partial charge in [0.25, 0.3) is 0 Å². The molecule has 0 aliphatic heterocycles. The van der Waals surface area contributed by atoms with Gasteiger partial charge in [-0.15, -0.1) is 6.42 Å². The summed E-state index contributed by atoms with van der Waals surface area (Å²) in [6, 6.07) is 7.35. The number of hydrogen-bond acceptors (Lipinski definition) is 2. The summed E-state index contributed by atoms with van der Waals surface area (Å²) >= 11 is 3.26. The predicted octanol–water partition coefficient (Wildman–Crippen LogP) is 2.72. The SMILES string of the molecule is C#CC(C)Oc1cccc(Br)c1C#N. The number of hydrogen-bond donors (Lipinski definition) is 0. The fourth-order valence-electron chi connectivity index (χ4n) is 0.936. The normalized spacial score (nSPS) is 11.1. The number of nitriles is 1. The second-order valence-corrected chi connectivity index (χ2v) is 3.51. The number of nitrogens with zero attached hydrogens (tertiary/aromatic N) is 1. The average molecular weight is 250 g/mol. The Kier molecular flexibility index (Phi) is 3.56. The van der Waals surface area contributed by atoms with Crippen molar-refractivity contribution in [2.75, 3.05) is 0 Å². The van der Waals surface area contributed by atoms with Crippen LogP contribution in [-0.2, 0) is 0 Å². The van der Waals surface area contributed by atoms with E-state index >= 15 is 0 Å². The highest BCUT2D eigenvalue weighted by Crippen LogP contribution is 2.26. The van der Waals surface area contributed by atoms with Crippen molar-refractivity contribution in [3.8, 4) is 24.2 Å². The Bertz CT molecular complexity index is 414. The van der Waals surface area contributed by atoms with Crippen LogP contribution in [0.3, 0.4) is 0 Å². The Morgan fingerprint density at radius 2 is 2.29 bits per heavy atom. The average Bonchev–Trinajstić information content (AvgIpc) is 2.18. The molecule has 0 spiro atoms. The van der Waals surface area contributed by atoms with Crippen molar-refractivity contribution in [1.29, 1.82) is 5.26 Å². The summed E-state index contributed by atoms with van der Waals surface area (Å²) in [7, 11) is 0. The van der Waals surface area contributed by atoms with Crippen LogP contribution in [0.4, 0.5) is 0 Å². The lowest BCUT2D eigenvalue weighted by molar-refractivity contribution is 0.278. The molecule has 0 amide bonds. The largest absolute Gasteiger partial charge is 0.477 e. The van der Waals surface area contributed by atoms with E-state index in [-0.39, 0.29) is 6.10 Å². The van der Waals surface area contributed by atoms with Crippen molar-refractivity contribution in [2.24, 2.45) is 0 Å². The Morgan fingerprint density at radius 3 is 2.86 bits per heavy atom. The zero-order chi connectivity index (χ0) is 10.6. The molecule has 0 bridgehead atoms. The molecule has 0 aromatic heterocycles. The molecule has 0 aliphatic carbocycles. The van der Waals surface area contributed by atoms with Crippen molar-refractivity contribution < 1.29 is 4.74 Å². The summed E-state index contributed by atoms with van der Waals surface area (Å²) in [5.74, 6) is 2.94. The van der Waals surface area contributed by atoms with Gasteiger partial charge in [0.05, 0.1) is 0 Å². The molecule has 3 heteroatoms. The number of terminal acetylenes is 1. The molecule has 1 aromatic carbocycles. The molecule has 1 rings (SSSR count). The van der Waals surface area contributed by atoms with Gasteiger partial charge in [-0.05, 0) is 35.0 Å². The highest BCUT2D eigenvalue weighted by atomic mass is 79.9. The van der Waals surface area contributed by atoms with Gasteiger partial charge in [-0.25, -0.2) is 0 Å². The van der Waals surface area contributed by atoms with Crippen molar-refractivity contribution in [3.05, 3.63) is 28.2 Å². The summed E-state index contributed by atoms with van der Waals surface area (Å²) in [4.78, 5) is 0. The minimum Gasteiger partial charge on any atom is -0.477 e. The van der Waals surface area contributed by atoms with Gasteiger partial charge in [0.15, 0.2) is 6.10 Å². The van der Waals surface area contributed by atoms with Gasteiger partial charge in [0.1, 0.15) is 17.4 Å². The highest BCUT2D eigenvalue weighted by molar-refractivity contribution is 9.10. The molecule has 0 saturated heterocycles. The molecule has 1 atom stereocenters. The maximum absolute atomic E-state index is 8.87. The summed E-state index contributed by atoms with van der Waals surface area (Å²) in [6.45, 7) is 1.75. The first-order chi connectivity index (χ1) is 6.69. The van der Waals surface area contributed by atoms with E-state index in [1.807, 2.05) is 0 Å². The number of ether oxygens (including phenoxy) is 1. The van der Waals surface area contributed by atoms with Crippen LogP contribution in [0.15, 0.2) is 22.7 Å². The van der Waals surface area contributed by atoms with Crippen LogP contribution >= 0.6 is 15.9 Å². The Morgan fingerprint density at radius 1 is 1.57 bits per heavy atom. The third kappa shape index (κ3) is 2.28. The molecule has 0 fully saturated rings. The van der Waals surface area contributed by atoms with Crippen LogP contribution in [0.5, 0.6) is 5.75 Å². The Balaban J connectivity index is 3.05. The molecule has 14 heavy (non-hydrogen) atoms. The van der Waals surface area contributed by atoms with E-state index < -0.39 is 0 Å². The van der Waals surface area contributed by atoms with E-state index in [4.69, 9.17) is 16.4 Å². The summed E-state index contributed by atoms with van der Waals surface area (Å²) < 4.78 is 6.09. The molecular formula is C11H8BrNO. The lowest BCUT2D eigenvalue weighted by Crippen LogP contribution is -2.09. The van der Waals surface area contributed by atoms with E-state index in [0.29, 0.717) is 15.8 Å². The maximum atomic E-state index is 8.87. The molecule has 1 aromatic rings. The Hall–Kier alpha value is -1.45. The van der Waals surface area contributed by atoms with E-state index in [9.17, 15) is 0 Å². The van der Waals surface area contributed by atoms with Gasteiger partial charge in [0, 0.05) is 4.47 Å². The van der Waals surface area contributed by atoms with Crippen molar-refractivity contribution in [1.82, 2.24) is 0 Å². The standard InChI is InChI=1S/C11H8BrNO/c1-3-8(2)14-11-6-4-5-10(12)9(11)7-13/h1,4-6,8H,2H3. The molecule has 0 heterocycles. The third-order valence-corrected chi connectivity index (χ3v) is 2.29. The van der Waals surface area contributed by atoms with E-state index in [0.717, 1.165) is 0 Å². The van der Waals surface area contributed by atoms with Gasteiger partial charge < -0.3 is 4.74 Å². The molecule has 70 valence electrons. The van der Waals surface area contributed by atoms with Crippen molar-refractivity contribution in [3.63, 3.8) is 0 Å². The van der Waals surface area contributed by atoms with E-state index in [2.05, 4.69) is 27.9 Å². The quantitative estimate of drug-likeness (QED) is 0.756. The van der Waals surface area contributed by atoms with E-state index in [1.54, 1.807) is 25.1 Å². The predicted molar refractivity (Wildman–Crippen MR) is 57.8 cm³/mol. The molecule has 2 nitrogen and oxygen atoms in total. The fourth-order valence-corrected chi connectivity index (χ4v) is 1.37. The maximum Gasteiger partial charge on any atom is 0.156 e. The molecule has 0 aliphatic rings. The summed E-state index contributed by atoms with van der Waals surface area (Å²) in [5.41, 5.74) is 0.467. The first kappa shape index (κ1) is 10.6. The van der Waals surface area contributed by atoms with Crippen molar-refractivity contribution in [2.45, 2.75) is 13.0 Å². The van der Waals surface area contributed by atoms with Gasteiger partial charge in [-0.1, -0.05) is 12.0 Å². The fraction of sp³-hybridized carbons (Fsp3) is 0.182. The van der Waals surface area contributed by atoms with Gasteiger partial charge >= 0.3 is 0 Å². The number of halogens is 1. The molecule has 1 unspecified atom stereocenters. The molecule has 0 N–H and O–H groups in total. The minimum absolute atomic E-state index is 0.337. The number of rotatable bonds is 2. The second-order valence-electron chi connectivity index (χ2n) is 2.65. The summed E-state index contributed by atoms with van der Waals surface area (Å²) in [5, 5.41) is 8.87. The van der Waals surface area contributed by atoms with Crippen LogP contribution in [0, 0.1) is 23.7 Å². The second kappa shape index (κ2) is 4.69. The topological polar surface area (TPSA) is 33.0 Å². The third-order valence-electron chi connectivity index (χ3n) is 1.63. The minimum atomic E-state index is -0.337. The molecular weight excluding hydrogens is 242 g/mol. The monoisotopic (exact) mass is 249 g/mol. The van der Waals surface area contributed by atoms with Crippen LogP contribution < -0.4 is 4.74 Å². The zero-order valence-corrected chi connectivity index (χ0v) is 9.21.